The molecule has 1 saturated heterocycles. The largest absolute Gasteiger partial charge is 0.465 e. The first-order valence-corrected chi connectivity index (χ1v) is 10.6. The third-order valence-corrected chi connectivity index (χ3v) is 5.86. The molecular formula is C19H16N4O5S2. The number of imidazole rings is 1. The summed E-state index contributed by atoms with van der Waals surface area (Å²) in [4.78, 5) is 44.1. The molecule has 2 aromatic heterocycles. The molecule has 0 radical (unpaired) electrons. The van der Waals surface area contributed by atoms with Gasteiger partial charge in [0.15, 0.2) is 10.2 Å². The highest BCUT2D eigenvalue weighted by molar-refractivity contribution is 8.18. The number of hydrogen-bond acceptors (Lipinski definition) is 7. The summed E-state index contributed by atoms with van der Waals surface area (Å²) in [6.45, 7) is 0.310. The number of nitrogens with zero attached hydrogens (tertiary/aromatic N) is 2. The fourth-order valence-corrected chi connectivity index (χ4v) is 4.41. The standard InChI is InChI=1S/C19H16N4O5S2/c24-16-14(29-19(27)23(16)9-3-8-20-18(25)26)10-11-6-7-15(28-11)30-17-21-12-4-1-2-5-13(12)22-17/h1-2,4-7,10,20H,3,8-9H2,(H,21,22)(H,25,26). The quantitative estimate of drug-likeness (QED) is 0.368. The van der Waals surface area contributed by atoms with E-state index in [1.807, 2.05) is 24.3 Å². The molecule has 0 aliphatic carbocycles. The third kappa shape index (κ3) is 4.52. The highest BCUT2D eigenvalue weighted by Gasteiger charge is 2.34. The van der Waals surface area contributed by atoms with E-state index in [4.69, 9.17) is 9.52 Å². The molecule has 1 aliphatic heterocycles. The minimum absolute atomic E-state index is 0.146. The van der Waals surface area contributed by atoms with Gasteiger partial charge < -0.3 is 19.8 Å². The number of furan rings is 1. The Morgan fingerprint density at radius 2 is 2.13 bits per heavy atom. The number of rotatable bonds is 7. The lowest BCUT2D eigenvalue weighted by Gasteiger charge is -2.11. The van der Waals surface area contributed by atoms with Crippen LogP contribution in [0.5, 0.6) is 0 Å². The number of aromatic nitrogens is 2. The second kappa shape index (κ2) is 8.67. The van der Waals surface area contributed by atoms with E-state index in [9.17, 15) is 14.4 Å². The molecule has 1 aliphatic rings. The molecule has 0 atom stereocenters. The number of fused-ring (bicyclic) bond motifs is 1. The van der Waals surface area contributed by atoms with Gasteiger partial charge in [-0.05, 0) is 54.2 Å². The number of para-hydroxylation sites is 2. The van der Waals surface area contributed by atoms with Gasteiger partial charge in [-0.3, -0.25) is 14.5 Å². The van der Waals surface area contributed by atoms with Gasteiger partial charge in [0.05, 0.1) is 15.9 Å². The lowest BCUT2D eigenvalue weighted by molar-refractivity contribution is -0.122. The predicted octanol–water partition coefficient (Wildman–Crippen LogP) is 4.00. The van der Waals surface area contributed by atoms with E-state index in [0.29, 0.717) is 22.4 Å². The SMILES string of the molecule is O=C(O)NCCCN1C(=O)SC(=Cc2ccc(Sc3nc4ccccc4[nH]3)o2)C1=O. The average molecular weight is 444 g/mol. The number of H-pyrrole nitrogens is 1. The van der Waals surface area contributed by atoms with Crippen LogP contribution in [-0.2, 0) is 4.79 Å². The van der Waals surface area contributed by atoms with Crippen molar-refractivity contribution in [1.82, 2.24) is 20.2 Å². The predicted molar refractivity (Wildman–Crippen MR) is 112 cm³/mol. The van der Waals surface area contributed by atoms with Crippen molar-refractivity contribution in [2.45, 2.75) is 16.7 Å². The van der Waals surface area contributed by atoms with Crippen LogP contribution in [0.2, 0.25) is 0 Å². The minimum atomic E-state index is -1.14. The molecule has 0 unspecified atom stereocenters. The number of carboxylic acid groups (broad SMARTS) is 1. The highest BCUT2D eigenvalue weighted by atomic mass is 32.2. The monoisotopic (exact) mass is 444 g/mol. The van der Waals surface area contributed by atoms with Crippen molar-refractivity contribution in [2.75, 3.05) is 13.1 Å². The first kappa shape index (κ1) is 20.1. The lowest BCUT2D eigenvalue weighted by Crippen LogP contribution is -2.32. The number of thioether (sulfide) groups is 1. The van der Waals surface area contributed by atoms with Gasteiger partial charge in [-0.2, -0.15) is 0 Å². The Kier molecular flexibility index (Phi) is 5.81. The Balaban J connectivity index is 1.40. The van der Waals surface area contributed by atoms with E-state index < -0.39 is 12.0 Å². The average Bonchev–Trinajstić information content (AvgIpc) is 3.38. The van der Waals surface area contributed by atoms with Crippen molar-refractivity contribution in [3.05, 3.63) is 47.1 Å². The number of amides is 3. The van der Waals surface area contributed by atoms with E-state index in [1.54, 1.807) is 12.1 Å². The summed E-state index contributed by atoms with van der Waals surface area (Å²) in [5.41, 5.74) is 1.79. The van der Waals surface area contributed by atoms with Crippen LogP contribution in [0.4, 0.5) is 9.59 Å². The Morgan fingerprint density at radius 3 is 2.93 bits per heavy atom. The van der Waals surface area contributed by atoms with Crippen molar-refractivity contribution >= 4 is 57.9 Å². The fourth-order valence-electron chi connectivity index (χ4n) is 2.79. The van der Waals surface area contributed by atoms with Crippen LogP contribution in [-0.4, -0.2) is 50.3 Å². The first-order chi connectivity index (χ1) is 14.5. The molecule has 3 N–H and O–H groups in total. The maximum absolute atomic E-state index is 12.5. The second-order valence-electron chi connectivity index (χ2n) is 6.24. The number of carbonyl (C=O) groups excluding carboxylic acids is 2. The number of imide groups is 1. The van der Waals surface area contributed by atoms with Crippen molar-refractivity contribution in [3.8, 4) is 0 Å². The Hall–Kier alpha value is -3.18. The minimum Gasteiger partial charge on any atom is -0.465 e. The Labute approximate surface area is 178 Å². The van der Waals surface area contributed by atoms with Crippen LogP contribution in [0.15, 0.2) is 56.0 Å². The summed E-state index contributed by atoms with van der Waals surface area (Å²) in [5, 5.41) is 11.7. The number of aromatic amines is 1. The maximum Gasteiger partial charge on any atom is 0.404 e. The van der Waals surface area contributed by atoms with E-state index in [1.165, 1.54) is 17.8 Å². The molecule has 1 fully saturated rings. The highest BCUT2D eigenvalue weighted by Crippen LogP contribution is 2.34. The van der Waals surface area contributed by atoms with Crippen LogP contribution in [0.25, 0.3) is 17.1 Å². The van der Waals surface area contributed by atoms with Crippen LogP contribution >= 0.6 is 23.5 Å². The van der Waals surface area contributed by atoms with E-state index in [-0.39, 0.29) is 23.2 Å². The van der Waals surface area contributed by atoms with Gasteiger partial charge in [-0.15, -0.1) is 0 Å². The number of hydrogen-bond donors (Lipinski definition) is 3. The zero-order chi connectivity index (χ0) is 21.1. The summed E-state index contributed by atoms with van der Waals surface area (Å²) in [5.74, 6) is 0.0369. The van der Waals surface area contributed by atoms with E-state index in [0.717, 1.165) is 27.7 Å². The number of benzene rings is 1. The molecule has 3 aromatic rings. The van der Waals surface area contributed by atoms with E-state index >= 15 is 0 Å². The first-order valence-electron chi connectivity index (χ1n) is 8.94. The Bertz CT molecular complexity index is 1120. The van der Waals surface area contributed by atoms with Gasteiger partial charge in [0, 0.05) is 19.2 Å². The number of carbonyl (C=O) groups is 3. The molecule has 0 saturated carbocycles. The lowest BCUT2D eigenvalue weighted by atomic mass is 10.3. The molecule has 30 heavy (non-hydrogen) atoms. The molecular weight excluding hydrogens is 428 g/mol. The van der Waals surface area contributed by atoms with Crippen LogP contribution < -0.4 is 5.32 Å². The second-order valence-corrected chi connectivity index (χ2v) is 8.22. The van der Waals surface area contributed by atoms with Crippen molar-refractivity contribution in [2.24, 2.45) is 0 Å². The zero-order valence-electron chi connectivity index (χ0n) is 15.5. The van der Waals surface area contributed by atoms with Crippen molar-refractivity contribution in [1.29, 1.82) is 0 Å². The smallest absolute Gasteiger partial charge is 0.404 e. The molecule has 4 rings (SSSR count). The van der Waals surface area contributed by atoms with Gasteiger partial charge in [0.2, 0.25) is 0 Å². The topological polar surface area (TPSA) is 129 Å². The fraction of sp³-hybridized carbons (Fsp3) is 0.158. The summed E-state index contributed by atoms with van der Waals surface area (Å²) in [6, 6.07) is 11.2. The molecule has 9 nitrogen and oxygen atoms in total. The zero-order valence-corrected chi connectivity index (χ0v) is 17.1. The third-order valence-electron chi connectivity index (χ3n) is 4.15. The molecule has 3 heterocycles. The maximum atomic E-state index is 12.5. The summed E-state index contributed by atoms with van der Waals surface area (Å²) >= 11 is 2.16. The van der Waals surface area contributed by atoms with Crippen molar-refractivity contribution in [3.63, 3.8) is 0 Å². The normalized spacial score (nSPS) is 15.5. The Morgan fingerprint density at radius 1 is 1.30 bits per heavy atom. The molecule has 0 spiro atoms. The molecule has 154 valence electrons. The molecule has 3 amide bonds. The molecule has 0 bridgehead atoms. The van der Waals surface area contributed by atoms with Gasteiger partial charge in [0.25, 0.3) is 11.1 Å². The van der Waals surface area contributed by atoms with Crippen LogP contribution in [0.3, 0.4) is 0 Å². The summed E-state index contributed by atoms with van der Waals surface area (Å²) < 4.78 is 5.75. The van der Waals surface area contributed by atoms with Crippen LogP contribution in [0.1, 0.15) is 12.2 Å². The van der Waals surface area contributed by atoms with Gasteiger partial charge in [-0.25, -0.2) is 9.78 Å². The van der Waals surface area contributed by atoms with E-state index in [2.05, 4.69) is 15.3 Å². The summed E-state index contributed by atoms with van der Waals surface area (Å²) in [6.07, 6.45) is 0.734. The summed E-state index contributed by atoms with van der Waals surface area (Å²) in [7, 11) is 0. The molecule has 11 heteroatoms. The molecule has 1 aromatic carbocycles. The van der Waals surface area contributed by atoms with Crippen molar-refractivity contribution < 1.29 is 23.9 Å². The number of nitrogens with one attached hydrogen (secondary N) is 2. The van der Waals surface area contributed by atoms with Gasteiger partial charge in [0.1, 0.15) is 5.76 Å². The van der Waals surface area contributed by atoms with Gasteiger partial charge in [-0.1, -0.05) is 12.1 Å². The van der Waals surface area contributed by atoms with Gasteiger partial charge >= 0.3 is 6.09 Å². The van der Waals surface area contributed by atoms with Crippen LogP contribution in [0, 0.1) is 0 Å².